The summed E-state index contributed by atoms with van der Waals surface area (Å²) in [7, 11) is 0. The van der Waals surface area contributed by atoms with Crippen LogP contribution in [-0.2, 0) is 0 Å². The van der Waals surface area contributed by atoms with Gasteiger partial charge in [0.05, 0.1) is 0 Å². The SMILES string of the molecule is CC1CCN(C(C)c2ccc(O)cc2F)CC1N. The number of nitrogens with zero attached hydrogens (tertiary/aromatic N) is 1. The van der Waals surface area contributed by atoms with Crippen LogP contribution in [0.4, 0.5) is 4.39 Å². The molecule has 0 amide bonds. The van der Waals surface area contributed by atoms with Crippen LogP contribution in [0.25, 0.3) is 0 Å². The Morgan fingerprint density at radius 1 is 1.50 bits per heavy atom. The van der Waals surface area contributed by atoms with Crippen molar-refractivity contribution in [2.45, 2.75) is 32.4 Å². The molecular weight excluding hydrogens is 231 g/mol. The molecule has 3 N–H and O–H groups in total. The van der Waals surface area contributed by atoms with E-state index in [4.69, 9.17) is 5.73 Å². The Bertz CT molecular complexity index is 424. The lowest BCUT2D eigenvalue weighted by Crippen LogP contribution is -2.48. The van der Waals surface area contributed by atoms with Crippen molar-refractivity contribution < 1.29 is 9.50 Å². The summed E-state index contributed by atoms with van der Waals surface area (Å²) in [5, 5.41) is 9.23. The fraction of sp³-hybridized carbons (Fsp3) is 0.571. The Hall–Kier alpha value is -1.13. The molecule has 0 aromatic heterocycles. The molecular formula is C14H21FN2O. The topological polar surface area (TPSA) is 49.5 Å². The van der Waals surface area contributed by atoms with E-state index in [9.17, 15) is 9.50 Å². The number of aromatic hydroxyl groups is 1. The molecule has 0 spiro atoms. The zero-order valence-electron chi connectivity index (χ0n) is 10.9. The van der Waals surface area contributed by atoms with Gasteiger partial charge in [-0.3, -0.25) is 4.90 Å². The summed E-state index contributed by atoms with van der Waals surface area (Å²) in [6, 6.07) is 4.49. The lowest BCUT2D eigenvalue weighted by molar-refractivity contribution is 0.126. The first kappa shape index (κ1) is 13.3. The van der Waals surface area contributed by atoms with Crippen molar-refractivity contribution in [3.05, 3.63) is 29.6 Å². The van der Waals surface area contributed by atoms with Crippen LogP contribution in [0.5, 0.6) is 5.75 Å². The smallest absolute Gasteiger partial charge is 0.131 e. The van der Waals surface area contributed by atoms with Crippen LogP contribution in [0.3, 0.4) is 0 Å². The second-order valence-corrected chi connectivity index (χ2v) is 5.31. The van der Waals surface area contributed by atoms with E-state index in [1.54, 1.807) is 6.07 Å². The molecule has 1 aliphatic rings. The number of phenolic OH excluding ortho intramolecular Hbond substituents is 1. The van der Waals surface area contributed by atoms with Gasteiger partial charge in [0.1, 0.15) is 11.6 Å². The largest absolute Gasteiger partial charge is 0.508 e. The van der Waals surface area contributed by atoms with Crippen LogP contribution >= 0.6 is 0 Å². The summed E-state index contributed by atoms with van der Waals surface area (Å²) < 4.78 is 13.8. The van der Waals surface area contributed by atoms with Crippen LogP contribution in [0, 0.1) is 11.7 Å². The van der Waals surface area contributed by atoms with Gasteiger partial charge in [-0.05, 0) is 31.9 Å². The summed E-state index contributed by atoms with van der Waals surface area (Å²) in [5.41, 5.74) is 6.69. The molecule has 3 nitrogen and oxygen atoms in total. The van der Waals surface area contributed by atoms with E-state index < -0.39 is 0 Å². The average molecular weight is 252 g/mol. The van der Waals surface area contributed by atoms with Crippen molar-refractivity contribution in [3.8, 4) is 5.75 Å². The zero-order valence-corrected chi connectivity index (χ0v) is 10.9. The highest BCUT2D eigenvalue weighted by atomic mass is 19.1. The molecule has 0 aliphatic carbocycles. The Balaban J connectivity index is 2.13. The lowest BCUT2D eigenvalue weighted by Gasteiger charge is -2.38. The van der Waals surface area contributed by atoms with Gasteiger partial charge >= 0.3 is 0 Å². The number of likely N-dealkylation sites (tertiary alicyclic amines) is 1. The number of phenols is 1. The zero-order chi connectivity index (χ0) is 13.3. The van der Waals surface area contributed by atoms with E-state index in [-0.39, 0.29) is 23.7 Å². The van der Waals surface area contributed by atoms with E-state index in [1.807, 2.05) is 6.92 Å². The van der Waals surface area contributed by atoms with E-state index in [0.717, 1.165) is 19.5 Å². The third kappa shape index (κ3) is 2.65. The third-order valence-electron chi connectivity index (χ3n) is 4.03. The monoisotopic (exact) mass is 252 g/mol. The number of rotatable bonds is 2. The molecule has 100 valence electrons. The summed E-state index contributed by atoms with van der Waals surface area (Å²) in [6.07, 6.45) is 1.05. The number of hydrogen-bond acceptors (Lipinski definition) is 3. The highest BCUT2D eigenvalue weighted by Crippen LogP contribution is 2.28. The number of benzene rings is 1. The molecule has 0 radical (unpaired) electrons. The summed E-state index contributed by atoms with van der Waals surface area (Å²) in [5.74, 6) is 0.139. The molecule has 0 saturated carbocycles. The van der Waals surface area contributed by atoms with Crippen LogP contribution in [0.15, 0.2) is 18.2 Å². The quantitative estimate of drug-likeness (QED) is 0.849. The molecule has 1 aliphatic heterocycles. The molecule has 1 aromatic carbocycles. The minimum atomic E-state index is -0.352. The van der Waals surface area contributed by atoms with Gasteiger partial charge in [0.25, 0.3) is 0 Å². The van der Waals surface area contributed by atoms with Gasteiger partial charge in [0, 0.05) is 30.3 Å². The molecule has 4 heteroatoms. The van der Waals surface area contributed by atoms with E-state index in [0.29, 0.717) is 11.5 Å². The highest BCUT2D eigenvalue weighted by molar-refractivity contribution is 5.29. The Morgan fingerprint density at radius 2 is 2.22 bits per heavy atom. The first-order chi connectivity index (χ1) is 8.49. The number of nitrogens with two attached hydrogens (primary N) is 1. The fourth-order valence-electron chi connectivity index (χ4n) is 2.53. The first-order valence-corrected chi connectivity index (χ1v) is 6.47. The predicted octanol–water partition coefficient (Wildman–Crippen LogP) is 2.26. The summed E-state index contributed by atoms with van der Waals surface area (Å²) >= 11 is 0. The Labute approximate surface area is 107 Å². The molecule has 18 heavy (non-hydrogen) atoms. The standard InChI is InChI=1S/C14H21FN2O/c1-9-5-6-17(8-14(9)16)10(2)12-4-3-11(18)7-13(12)15/h3-4,7,9-10,14,18H,5-6,8,16H2,1-2H3. The average Bonchev–Trinajstić information content (AvgIpc) is 2.32. The summed E-state index contributed by atoms with van der Waals surface area (Å²) in [4.78, 5) is 2.21. The highest BCUT2D eigenvalue weighted by Gasteiger charge is 2.27. The first-order valence-electron chi connectivity index (χ1n) is 6.47. The van der Waals surface area contributed by atoms with Crippen LogP contribution in [-0.4, -0.2) is 29.1 Å². The van der Waals surface area contributed by atoms with Crippen molar-refractivity contribution in [1.29, 1.82) is 0 Å². The van der Waals surface area contributed by atoms with Gasteiger partial charge < -0.3 is 10.8 Å². The van der Waals surface area contributed by atoms with Crippen molar-refractivity contribution in [2.24, 2.45) is 11.7 Å². The Kier molecular flexibility index (Phi) is 3.88. The van der Waals surface area contributed by atoms with Gasteiger partial charge in [0.15, 0.2) is 0 Å². The van der Waals surface area contributed by atoms with E-state index in [2.05, 4.69) is 11.8 Å². The minimum Gasteiger partial charge on any atom is -0.508 e. The van der Waals surface area contributed by atoms with Gasteiger partial charge in [-0.15, -0.1) is 0 Å². The van der Waals surface area contributed by atoms with Crippen molar-refractivity contribution in [3.63, 3.8) is 0 Å². The van der Waals surface area contributed by atoms with E-state index in [1.165, 1.54) is 12.1 Å². The maximum absolute atomic E-state index is 13.8. The maximum atomic E-state index is 13.8. The number of hydrogen-bond donors (Lipinski definition) is 2. The van der Waals surface area contributed by atoms with E-state index >= 15 is 0 Å². The molecule has 1 saturated heterocycles. The molecule has 1 aromatic rings. The van der Waals surface area contributed by atoms with Gasteiger partial charge in [-0.25, -0.2) is 4.39 Å². The van der Waals surface area contributed by atoms with Crippen molar-refractivity contribution in [1.82, 2.24) is 4.90 Å². The fourth-order valence-corrected chi connectivity index (χ4v) is 2.53. The third-order valence-corrected chi connectivity index (χ3v) is 4.03. The van der Waals surface area contributed by atoms with Crippen LogP contribution < -0.4 is 5.73 Å². The van der Waals surface area contributed by atoms with Gasteiger partial charge in [-0.1, -0.05) is 13.0 Å². The molecule has 2 rings (SSSR count). The maximum Gasteiger partial charge on any atom is 0.131 e. The summed E-state index contributed by atoms with van der Waals surface area (Å²) in [6.45, 7) is 5.88. The molecule has 1 fully saturated rings. The number of piperidine rings is 1. The molecule has 3 unspecified atom stereocenters. The van der Waals surface area contributed by atoms with Crippen LogP contribution in [0.1, 0.15) is 31.9 Å². The number of halogens is 1. The minimum absolute atomic E-state index is 0.0100. The molecule has 3 atom stereocenters. The second kappa shape index (κ2) is 5.24. The van der Waals surface area contributed by atoms with Gasteiger partial charge in [-0.2, -0.15) is 0 Å². The second-order valence-electron chi connectivity index (χ2n) is 5.31. The van der Waals surface area contributed by atoms with Gasteiger partial charge in [0.2, 0.25) is 0 Å². The lowest BCUT2D eigenvalue weighted by atomic mass is 9.92. The normalized spacial score (nSPS) is 27.1. The Morgan fingerprint density at radius 3 is 2.83 bits per heavy atom. The van der Waals surface area contributed by atoms with Crippen molar-refractivity contribution >= 4 is 0 Å². The predicted molar refractivity (Wildman–Crippen MR) is 69.8 cm³/mol. The van der Waals surface area contributed by atoms with Crippen LogP contribution in [0.2, 0.25) is 0 Å². The molecule has 0 bridgehead atoms. The molecule has 1 heterocycles. The van der Waals surface area contributed by atoms with Crippen molar-refractivity contribution in [2.75, 3.05) is 13.1 Å².